The van der Waals surface area contributed by atoms with E-state index < -0.39 is 5.60 Å². The topological polar surface area (TPSA) is 68.0 Å². The zero-order valence-electron chi connectivity index (χ0n) is 15.5. The molecule has 0 aromatic carbocycles. The third-order valence-corrected chi connectivity index (χ3v) is 5.18. The van der Waals surface area contributed by atoms with Gasteiger partial charge in [0.15, 0.2) is 5.69 Å². The first kappa shape index (κ1) is 18.4. The van der Waals surface area contributed by atoms with Gasteiger partial charge in [-0.1, -0.05) is 19.0 Å². The van der Waals surface area contributed by atoms with E-state index in [9.17, 15) is 4.79 Å². The first-order valence-electron chi connectivity index (χ1n) is 9.26. The van der Waals surface area contributed by atoms with Gasteiger partial charge in [0.1, 0.15) is 11.4 Å². The number of amides is 1. The van der Waals surface area contributed by atoms with Gasteiger partial charge in [0.25, 0.3) is 5.91 Å². The van der Waals surface area contributed by atoms with Gasteiger partial charge < -0.3 is 23.8 Å². The summed E-state index contributed by atoms with van der Waals surface area (Å²) in [5.41, 5.74) is -0.0461. The molecule has 7 nitrogen and oxygen atoms in total. The standard InChI is InChI=1S/C18H29N3O4/c1-4-20(5-2)11-15-6-7-18(24-15)12-21(8-9-23-13-18)17(22)16-10-14(3)25-19-16/h10,15H,4-9,11-13H2,1-3H3/t15-,18+/m0/s1. The Bertz CT molecular complexity index is 587. The van der Waals surface area contributed by atoms with E-state index in [-0.39, 0.29) is 12.0 Å². The lowest BCUT2D eigenvalue weighted by Gasteiger charge is -2.32. The maximum atomic E-state index is 12.7. The summed E-state index contributed by atoms with van der Waals surface area (Å²) in [6.45, 7) is 11.3. The van der Waals surface area contributed by atoms with Gasteiger partial charge in [0, 0.05) is 19.2 Å². The molecule has 0 aliphatic carbocycles. The van der Waals surface area contributed by atoms with Crippen LogP contribution in [0.15, 0.2) is 10.6 Å². The first-order valence-corrected chi connectivity index (χ1v) is 9.26. The number of hydrogen-bond acceptors (Lipinski definition) is 6. The van der Waals surface area contributed by atoms with Crippen LogP contribution in [-0.4, -0.2) is 78.5 Å². The SMILES string of the molecule is CCN(CC)C[C@@H]1CC[C@@]2(COCCN(C(=O)c3cc(C)on3)C2)O1. The Labute approximate surface area is 149 Å². The second-order valence-corrected chi connectivity index (χ2v) is 7.05. The van der Waals surface area contributed by atoms with Gasteiger partial charge in [-0.3, -0.25) is 4.79 Å². The van der Waals surface area contributed by atoms with E-state index in [1.807, 2.05) is 0 Å². The molecule has 0 saturated carbocycles. The second-order valence-electron chi connectivity index (χ2n) is 7.05. The number of rotatable bonds is 5. The fraction of sp³-hybridized carbons (Fsp3) is 0.778. The van der Waals surface area contributed by atoms with Gasteiger partial charge in [-0.25, -0.2) is 0 Å². The largest absolute Gasteiger partial charge is 0.377 e. The summed E-state index contributed by atoms with van der Waals surface area (Å²) in [6, 6.07) is 1.68. The van der Waals surface area contributed by atoms with Crippen LogP contribution in [0.5, 0.6) is 0 Å². The van der Waals surface area contributed by atoms with Crippen molar-refractivity contribution in [3.05, 3.63) is 17.5 Å². The summed E-state index contributed by atoms with van der Waals surface area (Å²) in [7, 11) is 0. The molecule has 3 rings (SSSR count). The van der Waals surface area contributed by atoms with Crippen LogP contribution in [0.2, 0.25) is 0 Å². The van der Waals surface area contributed by atoms with Crippen molar-refractivity contribution in [2.45, 2.75) is 45.3 Å². The van der Waals surface area contributed by atoms with Crippen molar-refractivity contribution < 1.29 is 18.8 Å². The lowest BCUT2D eigenvalue weighted by Crippen LogP contribution is -2.47. The van der Waals surface area contributed by atoms with E-state index in [0.29, 0.717) is 37.8 Å². The molecule has 1 aromatic heterocycles. The maximum absolute atomic E-state index is 12.7. The predicted molar refractivity (Wildman–Crippen MR) is 92.6 cm³/mol. The molecule has 0 N–H and O–H groups in total. The zero-order chi connectivity index (χ0) is 17.9. The number of hydrogen-bond donors (Lipinski definition) is 0. The quantitative estimate of drug-likeness (QED) is 0.805. The van der Waals surface area contributed by atoms with Gasteiger partial charge in [-0.05, 0) is 32.9 Å². The Morgan fingerprint density at radius 1 is 1.44 bits per heavy atom. The highest BCUT2D eigenvalue weighted by Crippen LogP contribution is 2.33. The van der Waals surface area contributed by atoms with Crippen molar-refractivity contribution in [2.75, 3.05) is 45.9 Å². The van der Waals surface area contributed by atoms with Crippen LogP contribution in [0, 0.1) is 6.92 Å². The number of carbonyl (C=O) groups excluding carboxylic acids is 1. The molecular formula is C18H29N3O4. The number of likely N-dealkylation sites (N-methyl/N-ethyl adjacent to an activating group) is 1. The van der Waals surface area contributed by atoms with E-state index in [1.54, 1.807) is 17.9 Å². The van der Waals surface area contributed by atoms with Gasteiger partial charge in [0.2, 0.25) is 0 Å². The summed E-state index contributed by atoms with van der Waals surface area (Å²) in [4.78, 5) is 16.9. The van der Waals surface area contributed by atoms with E-state index in [0.717, 1.165) is 32.5 Å². The number of aryl methyl sites for hydroxylation is 1. The highest BCUT2D eigenvalue weighted by Gasteiger charge is 2.44. The van der Waals surface area contributed by atoms with E-state index >= 15 is 0 Å². The zero-order valence-corrected chi connectivity index (χ0v) is 15.5. The lowest BCUT2D eigenvalue weighted by molar-refractivity contribution is -0.0896. The van der Waals surface area contributed by atoms with E-state index in [4.69, 9.17) is 14.0 Å². The summed E-state index contributed by atoms with van der Waals surface area (Å²) in [6.07, 6.45) is 2.12. The molecule has 2 atom stereocenters. The van der Waals surface area contributed by atoms with Gasteiger partial charge in [-0.2, -0.15) is 0 Å². The summed E-state index contributed by atoms with van der Waals surface area (Å²) < 4.78 is 17.2. The molecular weight excluding hydrogens is 322 g/mol. The normalized spacial score (nSPS) is 27.2. The summed E-state index contributed by atoms with van der Waals surface area (Å²) >= 11 is 0. The van der Waals surface area contributed by atoms with Crippen LogP contribution < -0.4 is 0 Å². The molecule has 1 aromatic rings. The van der Waals surface area contributed by atoms with Gasteiger partial charge in [0.05, 0.1) is 25.9 Å². The molecule has 2 saturated heterocycles. The fourth-order valence-electron chi connectivity index (χ4n) is 3.72. The average molecular weight is 351 g/mol. The Kier molecular flexibility index (Phi) is 5.76. The summed E-state index contributed by atoms with van der Waals surface area (Å²) in [5, 5.41) is 3.86. The number of ether oxygens (including phenoxy) is 2. The predicted octanol–water partition coefficient (Wildman–Crippen LogP) is 1.72. The van der Waals surface area contributed by atoms with Crippen molar-refractivity contribution in [1.82, 2.24) is 15.0 Å². The molecule has 0 bridgehead atoms. The molecule has 1 spiro atoms. The van der Waals surface area contributed by atoms with Crippen molar-refractivity contribution in [3.63, 3.8) is 0 Å². The number of aromatic nitrogens is 1. The van der Waals surface area contributed by atoms with E-state index in [1.165, 1.54) is 0 Å². The minimum atomic E-state index is -0.400. The third kappa shape index (κ3) is 4.22. The van der Waals surface area contributed by atoms with Crippen LogP contribution in [0.1, 0.15) is 42.9 Å². The summed E-state index contributed by atoms with van der Waals surface area (Å²) in [5.74, 6) is 0.526. The molecule has 2 aliphatic rings. The Morgan fingerprint density at radius 2 is 2.24 bits per heavy atom. The highest BCUT2D eigenvalue weighted by atomic mass is 16.6. The molecule has 2 aliphatic heterocycles. The molecule has 2 fully saturated rings. The maximum Gasteiger partial charge on any atom is 0.276 e. The Hall–Kier alpha value is -1.44. The van der Waals surface area contributed by atoms with Crippen LogP contribution in [-0.2, 0) is 9.47 Å². The van der Waals surface area contributed by atoms with Crippen molar-refractivity contribution >= 4 is 5.91 Å². The van der Waals surface area contributed by atoms with Crippen LogP contribution in [0.4, 0.5) is 0 Å². The minimum Gasteiger partial charge on any atom is -0.377 e. The smallest absolute Gasteiger partial charge is 0.276 e. The fourth-order valence-corrected chi connectivity index (χ4v) is 3.72. The Balaban J connectivity index is 1.66. The van der Waals surface area contributed by atoms with Gasteiger partial charge >= 0.3 is 0 Å². The van der Waals surface area contributed by atoms with Crippen LogP contribution in [0.25, 0.3) is 0 Å². The molecule has 0 radical (unpaired) electrons. The van der Waals surface area contributed by atoms with Crippen LogP contribution in [0.3, 0.4) is 0 Å². The first-order chi connectivity index (χ1) is 12.0. The second kappa shape index (κ2) is 7.85. The van der Waals surface area contributed by atoms with Gasteiger partial charge in [-0.15, -0.1) is 0 Å². The monoisotopic (exact) mass is 351 g/mol. The molecule has 140 valence electrons. The average Bonchev–Trinajstić information content (AvgIpc) is 3.15. The van der Waals surface area contributed by atoms with Crippen molar-refractivity contribution in [1.29, 1.82) is 0 Å². The van der Waals surface area contributed by atoms with E-state index in [2.05, 4.69) is 23.9 Å². The molecule has 1 amide bonds. The molecule has 3 heterocycles. The van der Waals surface area contributed by atoms with Crippen LogP contribution >= 0.6 is 0 Å². The minimum absolute atomic E-state index is 0.113. The lowest BCUT2D eigenvalue weighted by atomic mass is 10.00. The molecule has 25 heavy (non-hydrogen) atoms. The number of carbonyl (C=O) groups is 1. The molecule has 0 unspecified atom stereocenters. The third-order valence-electron chi connectivity index (χ3n) is 5.18. The Morgan fingerprint density at radius 3 is 2.92 bits per heavy atom. The molecule has 7 heteroatoms. The van der Waals surface area contributed by atoms with Crippen molar-refractivity contribution in [2.24, 2.45) is 0 Å². The number of nitrogens with zero attached hydrogens (tertiary/aromatic N) is 3. The van der Waals surface area contributed by atoms with Crippen molar-refractivity contribution in [3.8, 4) is 0 Å². The highest BCUT2D eigenvalue weighted by molar-refractivity contribution is 5.92.